The number of carbonyl (C=O) groups excluding carboxylic acids is 2. The fraction of sp³-hybridized carbons (Fsp3) is 0.286. The van der Waals surface area contributed by atoms with E-state index < -0.39 is 5.91 Å². The molecule has 1 fully saturated rings. The zero-order valence-corrected chi connectivity index (χ0v) is 26.0. The highest BCUT2D eigenvalue weighted by Crippen LogP contribution is 2.28. The molecular formula is C35H37ClN4O5. The van der Waals surface area contributed by atoms with Crippen LogP contribution in [0.25, 0.3) is 10.8 Å². The van der Waals surface area contributed by atoms with Crippen LogP contribution >= 0.6 is 11.6 Å². The highest BCUT2D eigenvalue weighted by atomic mass is 35.5. The first-order chi connectivity index (χ1) is 21.9. The Balaban J connectivity index is 1.24. The number of phenols is 1. The maximum absolute atomic E-state index is 13.5. The van der Waals surface area contributed by atoms with E-state index in [-0.39, 0.29) is 28.8 Å². The number of phenolic OH excluding ortho intramolecular Hbond substituents is 1. The summed E-state index contributed by atoms with van der Waals surface area (Å²) in [7, 11) is 0. The molecule has 4 aromatic carbocycles. The third-order valence-electron chi connectivity index (χ3n) is 7.70. The molecule has 0 unspecified atom stereocenters. The van der Waals surface area contributed by atoms with Gasteiger partial charge in [0.15, 0.2) is 6.61 Å². The van der Waals surface area contributed by atoms with E-state index >= 15 is 0 Å². The van der Waals surface area contributed by atoms with Crippen molar-refractivity contribution in [1.82, 2.24) is 15.2 Å². The summed E-state index contributed by atoms with van der Waals surface area (Å²) in [4.78, 5) is 30.2. The molecule has 1 saturated heterocycles. The number of benzene rings is 4. The van der Waals surface area contributed by atoms with Gasteiger partial charge in [0, 0.05) is 49.2 Å². The van der Waals surface area contributed by atoms with E-state index in [2.05, 4.69) is 46.6 Å². The van der Waals surface area contributed by atoms with Gasteiger partial charge in [-0.2, -0.15) is 5.10 Å². The summed E-state index contributed by atoms with van der Waals surface area (Å²) >= 11 is 5.91. The molecule has 10 heteroatoms. The van der Waals surface area contributed by atoms with Crippen molar-refractivity contribution in [3.8, 4) is 11.5 Å². The SMILES string of the molecule is Cc1ccc(CN(CCCN2CCOCC2)C(=O)COc2ccc(/C=N/NC(=O)c3ccc(O)c(Cl)c3)c3ccccc23)cc1. The Hall–Kier alpha value is -4.44. The largest absolute Gasteiger partial charge is 0.506 e. The molecule has 9 nitrogen and oxygen atoms in total. The van der Waals surface area contributed by atoms with Crippen LogP contribution in [0, 0.1) is 6.92 Å². The second-order valence-corrected chi connectivity index (χ2v) is 11.4. The van der Waals surface area contributed by atoms with Crippen molar-refractivity contribution >= 4 is 40.4 Å². The monoisotopic (exact) mass is 628 g/mol. The molecule has 5 rings (SSSR count). The molecular weight excluding hydrogens is 592 g/mol. The van der Waals surface area contributed by atoms with Crippen molar-refractivity contribution in [3.05, 3.63) is 106 Å². The van der Waals surface area contributed by atoms with E-state index in [1.54, 1.807) is 12.3 Å². The van der Waals surface area contributed by atoms with Crippen LogP contribution in [0.1, 0.15) is 33.5 Å². The number of nitrogens with zero attached hydrogens (tertiary/aromatic N) is 3. The number of hydrogen-bond acceptors (Lipinski definition) is 7. The van der Waals surface area contributed by atoms with Gasteiger partial charge in [-0.25, -0.2) is 5.43 Å². The molecule has 0 radical (unpaired) electrons. The van der Waals surface area contributed by atoms with E-state index in [0.717, 1.165) is 61.2 Å². The highest BCUT2D eigenvalue weighted by molar-refractivity contribution is 6.32. The molecule has 1 aliphatic heterocycles. The zero-order valence-electron chi connectivity index (χ0n) is 25.2. The van der Waals surface area contributed by atoms with E-state index in [4.69, 9.17) is 21.1 Å². The maximum Gasteiger partial charge on any atom is 0.271 e. The third kappa shape index (κ3) is 8.82. The Morgan fingerprint density at radius 1 is 1.04 bits per heavy atom. The first-order valence-electron chi connectivity index (χ1n) is 15.0. The summed E-state index contributed by atoms with van der Waals surface area (Å²) in [5.74, 6) is -0.0576. The predicted octanol–water partition coefficient (Wildman–Crippen LogP) is 5.40. The van der Waals surface area contributed by atoms with Crippen LogP contribution in [0.2, 0.25) is 5.02 Å². The summed E-state index contributed by atoms with van der Waals surface area (Å²) in [5.41, 5.74) is 5.77. The number of halogens is 1. The van der Waals surface area contributed by atoms with Gasteiger partial charge in [-0.15, -0.1) is 0 Å². The number of ether oxygens (including phenoxy) is 2. The first-order valence-corrected chi connectivity index (χ1v) is 15.3. The van der Waals surface area contributed by atoms with Crippen LogP contribution in [0.15, 0.2) is 84.0 Å². The number of aryl methyl sites for hydroxylation is 1. The van der Waals surface area contributed by atoms with Crippen molar-refractivity contribution in [2.24, 2.45) is 5.10 Å². The molecule has 2 N–H and O–H groups in total. The molecule has 0 aromatic heterocycles. The van der Waals surface area contributed by atoms with Crippen molar-refractivity contribution in [1.29, 1.82) is 0 Å². The van der Waals surface area contributed by atoms with Crippen LogP contribution in [-0.2, 0) is 16.1 Å². The summed E-state index contributed by atoms with van der Waals surface area (Å²) in [6, 6.07) is 23.8. The van der Waals surface area contributed by atoms with Crippen LogP contribution in [-0.4, -0.2) is 78.9 Å². The molecule has 4 aromatic rings. The summed E-state index contributed by atoms with van der Waals surface area (Å²) in [6.45, 7) is 7.37. The summed E-state index contributed by atoms with van der Waals surface area (Å²) in [5, 5.41) is 15.5. The Labute approximate surface area is 268 Å². The minimum absolute atomic E-state index is 0.0793. The highest BCUT2D eigenvalue weighted by Gasteiger charge is 2.18. The van der Waals surface area contributed by atoms with E-state index in [1.165, 1.54) is 23.8 Å². The zero-order chi connectivity index (χ0) is 31.6. The standard InChI is InChI=1S/C35H37ClN4O5/c1-25-7-9-26(10-8-25)23-40(16-4-15-39-17-19-44-20-18-39)34(42)24-45-33-14-12-28(29-5-2-3-6-30(29)33)22-37-38-35(43)27-11-13-32(41)31(36)21-27/h2-3,5-14,21-22,41H,4,15-20,23-24H2,1H3,(H,38,43)/b37-22+. The number of aromatic hydroxyl groups is 1. The summed E-state index contributed by atoms with van der Waals surface area (Å²) < 4.78 is 11.6. The summed E-state index contributed by atoms with van der Waals surface area (Å²) in [6.07, 6.45) is 2.42. The number of fused-ring (bicyclic) bond motifs is 1. The normalized spacial score (nSPS) is 13.6. The molecule has 234 valence electrons. The topological polar surface area (TPSA) is 104 Å². The smallest absolute Gasteiger partial charge is 0.271 e. The lowest BCUT2D eigenvalue weighted by Crippen LogP contribution is -2.40. The lowest BCUT2D eigenvalue weighted by molar-refractivity contribution is -0.134. The van der Waals surface area contributed by atoms with Gasteiger partial charge in [-0.1, -0.05) is 65.7 Å². The van der Waals surface area contributed by atoms with Gasteiger partial charge in [0.25, 0.3) is 11.8 Å². The average molecular weight is 629 g/mol. The number of rotatable bonds is 12. The fourth-order valence-electron chi connectivity index (χ4n) is 5.15. The number of carbonyl (C=O) groups is 2. The van der Waals surface area contributed by atoms with Gasteiger partial charge in [-0.05, 0) is 54.6 Å². The number of morpholine rings is 1. The van der Waals surface area contributed by atoms with Gasteiger partial charge in [0.1, 0.15) is 11.5 Å². The molecule has 0 bridgehead atoms. The average Bonchev–Trinajstić information content (AvgIpc) is 3.06. The lowest BCUT2D eigenvalue weighted by Gasteiger charge is -2.28. The van der Waals surface area contributed by atoms with E-state index in [1.807, 2.05) is 35.2 Å². The van der Waals surface area contributed by atoms with Crippen molar-refractivity contribution in [2.75, 3.05) is 46.0 Å². The van der Waals surface area contributed by atoms with E-state index in [9.17, 15) is 14.7 Å². The van der Waals surface area contributed by atoms with Crippen LogP contribution < -0.4 is 10.2 Å². The minimum Gasteiger partial charge on any atom is -0.506 e. The molecule has 2 amide bonds. The van der Waals surface area contributed by atoms with Gasteiger partial charge in [-0.3, -0.25) is 14.5 Å². The third-order valence-corrected chi connectivity index (χ3v) is 8.00. The second kappa shape index (κ2) is 15.5. The van der Waals surface area contributed by atoms with Crippen molar-refractivity contribution < 1.29 is 24.2 Å². The predicted molar refractivity (Wildman–Crippen MR) is 176 cm³/mol. The molecule has 45 heavy (non-hydrogen) atoms. The van der Waals surface area contributed by atoms with Crippen molar-refractivity contribution in [3.63, 3.8) is 0 Å². The number of hydrogen-bond donors (Lipinski definition) is 2. The Kier molecular flexibility index (Phi) is 11.0. The van der Waals surface area contributed by atoms with Gasteiger partial charge >= 0.3 is 0 Å². The van der Waals surface area contributed by atoms with E-state index in [0.29, 0.717) is 18.8 Å². The minimum atomic E-state index is -0.462. The van der Waals surface area contributed by atoms with Gasteiger partial charge < -0.3 is 19.5 Å². The lowest BCUT2D eigenvalue weighted by atomic mass is 10.0. The van der Waals surface area contributed by atoms with Crippen LogP contribution in [0.3, 0.4) is 0 Å². The Morgan fingerprint density at radius 3 is 2.56 bits per heavy atom. The molecule has 0 atom stereocenters. The van der Waals surface area contributed by atoms with Crippen LogP contribution in [0.5, 0.6) is 11.5 Å². The van der Waals surface area contributed by atoms with Crippen molar-refractivity contribution in [2.45, 2.75) is 19.9 Å². The van der Waals surface area contributed by atoms with Gasteiger partial charge in [0.2, 0.25) is 0 Å². The Bertz CT molecular complexity index is 1650. The second-order valence-electron chi connectivity index (χ2n) is 11.0. The number of amides is 2. The molecule has 1 aliphatic rings. The molecule has 0 spiro atoms. The van der Waals surface area contributed by atoms with Gasteiger partial charge in [0.05, 0.1) is 24.5 Å². The molecule has 0 aliphatic carbocycles. The fourth-order valence-corrected chi connectivity index (χ4v) is 5.33. The first kappa shape index (κ1) is 32.0. The molecule has 0 saturated carbocycles. The van der Waals surface area contributed by atoms with Crippen LogP contribution in [0.4, 0.5) is 0 Å². The maximum atomic E-state index is 13.5. The molecule has 1 heterocycles. The quantitative estimate of drug-likeness (QED) is 0.161. The number of hydrazone groups is 1. The number of nitrogens with one attached hydrogen (secondary N) is 1. The Morgan fingerprint density at radius 2 is 1.80 bits per heavy atom.